The lowest BCUT2D eigenvalue weighted by molar-refractivity contribution is 0.0707. The van der Waals surface area contributed by atoms with Crippen molar-refractivity contribution in [3.63, 3.8) is 0 Å². The number of carbonyl (C=O) groups excluding carboxylic acids is 1. The number of hydrogen-bond donors (Lipinski definition) is 0. The second-order valence-electron chi connectivity index (χ2n) is 5.98. The molecule has 1 fully saturated rings. The van der Waals surface area contributed by atoms with Crippen molar-refractivity contribution in [2.24, 2.45) is 0 Å². The molecule has 1 aromatic heterocycles. The molecule has 4 heteroatoms. The highest BCUT2D eigenvalue weighted by Gasteiger charge is 2.27. The normalized spacial score (nSPS) is 18.3. The van der Waals surface area contributed by atoms with Crippen LogP contribution in [0.5, 0.6) is 0 Å². The molecular weight excluding hydrogens is 304 g/mol. The van der Waals surface area contributed by atoms with E-state index >= 15 is 0 Å². The molecule has 1 aliphatic heterocycles. The van der Waals surface area contributed by atoms with Gasteiger partial charge in [-0.05, 0) is 37.1 Å². The molecule has 1 aliphatic rings. The van der Waals surface area contributed by atoms with Gasteiger partial charge in [-0.1, -0.05) is 30.3 Å². The number of aromatic nitrogens is 1. The van der Waals surface area contributed by atoms with Crippen molar-refractivity contribution in [2.45, 2.75) is 18.8 Å². The molecule has 0 bridgehead atoms. The van der Waals surface area contributed by atoms with Crippen molar-refractivity contribution in [3.8, 4) is 0 Å². The van der Waals surface area contributed by atoms with E-state index in [0.717, 1.165) is 42.0 Å². The summed E-state index contributed by atoms with van der Waals surface area (Å²) in [6, 6.07) is 17.8. The van der Waals surface area contributed by atoms with Gasteiger partial charge in [-0.15, -0.1) is 11.3 Å². The first-order valence-corrected chi connectivity index (χ1v) is 8.83. The first-order chi connectivity index (χ1) is 11.3. The SMILES string of the molecule is O=C(c1ccccc1)N1CCC[C@@H](c2nc3ccccc3s2)C1. The van der Waals surface area contributed by atoms with Gasteiger partial charge in [0.1, 0.15) is 0 Å². The molecule has 1 amide bonds. The Kier molecular flexibility index (Phi) is 3.83. The first kappa shape index (κ1) is 14.4. The third-order valence-corrected chi connectivity index (χ3v) is 5.59. The van der Waals surface area contributed by atoms with Crippen LogP contribution in [-0.2, 0) is 0 Å². The average Bonchev–Trinajstić information content (AvgIpc) is 3.06. The minimum atomic E-state index is 0.136. The molecule has 2 aromatic carbocycles. The molecule has 4 rings (SSSR count). The molecule has 1 saturated heterocycles. The van der Waals surface area contributed by atoms with Gasteiger partial charge in [0.15, 0.2) is 0 Å². The van der Waals surface area contributed by atoms with E-state index in [-0.39, 0.29) is 5.91 Å². The molecular formula is C19H18N2OS. The monoisotopic (exact) mass is 322 g/mol. The number of hydrogen-bond acceptors (Lipinski definition) is 3. The molecule has 2 heterocycles. The van der Waals surface area contributed by atoms with Gasteiger partial charge in [-0.25, -0.2) is 4.98 Å². The van der Waals surface area contributed by atoms with Crippen LogP contribution in [0.3, 0.4) is 0 Å². The zero-order chi connectivity index (χ0) is 15.6. The van der Waals surface area contributed by atoms with Crippen LogP contribution in [0.4, 0.5) is 0 Å². The smallest absolute Gasteiger partial charge is 0.253 e. The van der Waals surface area contributed by atoms with Crippen molar-refractivity contribution in [2.75, 3.05) is 13.1 Å². The molecule has 0 spiro atoms. The van der Waals surface area contributed by atoms with Crippen LogP contribution in [0.1, 0.15) is 34.1 Å². The number of carbonyl (C=O) groups is 1. The predicted octanol–water partition coefficient (Wildman–Crippen LogP) is 4.32. The molecule has 0 radical (unpaired) electrons. The lowest BCUT2D eigenvalue weighted by Crippen LogP contribution is -2.39. The van der Waals surface area contributed by atoms with Gasteiger partial charge in [-0.2, -0.15) is 0 Å². The number of benzene rings is 2. The predicted molar refractivity (Wildman–Crippen MR) is 93.9 cm³/mol. The topological polar surface area (TPSA) is 33.2 Å². The van der Waals surface area contributed by atoms with Gasteiger partial charge in [0.2, 0.25) is 0 Å². The summed E-state index contributed by atoms with van der Waals surface area (Å²) in [6.07, 6.45) is 2.15. The summed E-state index contributed by atoms with van der Waals surface area (Å²) in [5.74, 6) is 0.491. The molecule has 1 atom stereocenters. The van der Waals surface area contributed by atoms with Gasteiger partial charge in [0, 0.05) is 24.6 Å². The maximum atomic E-state index is 12.7. The summed E-state index contributed by atoms with van der Waals surface area (Å²) in [7, 11) is 0. The third kappa shape index (κ3) is 2.86. The van der Waals surface area contributed by atoms with Crippen LogP contribution >= 0.6 is 11.3 Å². The highest BCUT2D eigenvalue weighted by molar-refractivity contribution is 7.18. The van der Waals surface area contributed by atoms with Crippen LogP contribution in [0, 0.1) is 0 Å². The number of thiazole rings is 1. The van der Waals surface area contributed by atoms with Gasteiger partial charge < -0.3 is 4.90 Å². The van der Waals surface area contributed by atoms with Gasteiger partial charge >= 0.3 is 0 Å². The van der Waals surface area contributed by atoms with E-state index in [0.29, 0.717) is 5.92 Å². The minimum absolute atomic E-state index is 0.136. The van der Waals surface area contributed by atoms with Crippen molar-refractivity contribution in [3.05, 3.63) is 65.2 Å². The Balaban J connectivity index is 1.56. The zero-order valence-electron chi connectivity index (χ0n) is 12.8. The number of likely N-dealkylation sites (tertiary alicyclic amines) is 1. The molecule has 23 heavy (non-hydrogen) atoms. The summed E-state index contributed by atoms with van der Waals surface area (Å²) in [6.45, 7) is 1.61. The van der Waals surface area contributed by atoms with E-state index in [2.05, 4.69) is 18.2 Å². The van der Waals surface area contributed by atoms with Crippen molar-refractivity contribution in [1.82, 2.24) is 9.88 Å². The second kappa shape index (κ2) is 6.13. The molecule has 3 aromatic rings. The van der Waals surface area contributed by atoms with Crippen LogP contribution in [0.25, 0.3) is 10.2 Å². The Morgan fingerprint density at radius 2 is 1.87 bits per heavy atom. The third-order valence-electron chi connectivity index (χ3n) is 4.39. The van der Waals surface area contributed by atoms with E-state index in [9.17, 15) is 4.79 Å². The van der Waals surface area contributed by atoms with Crippen LogP contribution in [0.15, 0.2) is 54.6 Å². The van der Waals surface area contributed by atoms with Crippen LogP contribution in [-0.4, -0.2) is 28.9 Å². The van der Waals surface area contributed by atoms with Crippen molar-refractivity contribution in [1.29, 1.82) is 0 Å². The van der Waals surface area contributed by atoms with E-state index < -0.39 is 0 Å². The average molecular weight is 322 g/mol. The van der Waals surface area contributed by atoms with E-state index in [1.54, 1.807) is 11.3 Å². The molecule has 0 aliphatic carbocycles. The fourth-order valence-corrected chi connectivity index (χ4v) is 4.28. The number of amides is 1. The van der Waals surface area contributed by atoms with Crippen molar-refractivity contribution >= 4 is 27.5 Å². The number of para-hydroxylation sites is 1. The minimum Gasteiger partial charge on any atom is -0.338 e. The van der Waals surface area contributed by atoms with Gasteiger partial charge in [0.05, 0.1) is 15.2 Å². The highest BCUT2D eigenvalue weighted by Crippen LogP contribution is 2.33. The summed E-state index contributed by atoms with van der Waals surface area (Å²) >= 11 is 1.76. The van der Waals surface area contributed by atoms with Crippen LogP contribution in [0.2, 0.25) is 0 Å². The standard InChI is InChI=1S/C19H18N2OS/c22-19(14-7-2-1-3-8-14)21-12-6-9-15(13-21)18-20-16-10-4-5-11-17(16)23-18/h1-5,7-8,10-11,15H,6,9,12-13H2/t15-/m1/s1. The zero-order valence-corrected chi connectivity index (χ0v) is 13.6. The second-order valence-corrected chi connectivity index (χ2v) is 7.04. The van der Waals surface area contributed by atoms with Gasteiger partial charge in [0.25, 0.3) is 5.91 Å². The van der Waals surface area contributed by atoms with Crippen LogP contribution < -0.4 is 0 Å². The summed E-state index contributed by atoms with van der Waals surface area (Å²) in [5, 5.41) is 1.16. The quantitative estimate of drug-likeness (QED) is 0.704. The number of rotatable bonds is 2. The summed E-state index contributed by atoms with van der Waals surface area (Å²) < 4.78 is 1.23. The molecule has 0 unspecified atom stereocenters. The maximum absolute atomic E-state index is 12.7. The molecule has 3 nitrogen and oxygen atoms in total. The highest BCUT2D eigenvalue weighted by atomic mass is 32.1. The number of piperidine rings is 1. The Bertz CT molecular complexity index is 795. The largest absolute Gasteiger partial charge is 0.338 e. The lowest BCUT2D eigenvalue weighted by atomic mass is 9.98. The molecule has 0 saturated carbocycles. The number of nitrogens with zero attached hydrogens (tertiary/aromatic N) is 2. The Hall–Kier alpha value is -2.20. The molecule has 116 valence electrons. The summed E-state index contributed by atoms with van der Waals surface area (Å²) in [5.41, 5.74) is 1.84. The van der Waals surface area contributed by atoms with Gasteiger partial charge in [-0.3, -0.25) is 4.79 Å². The Labute approximate surface area is 139 Å². The van der Waals surface area contributed by atoms with E-state index in [4.69, 9.17) is 4.98 Å². The number of fused-ring (bicyclic) bond motifs is 1. The Morgan fingerprint density at radius 1 is 1.09 bits per heavy atom. The fourth-order valence-electron chi connectivity index (χ4n) is 3.19. The maximum Gasteiger partial charge on any atom is 0.253 e. The first-order valence-electron chi connectivity index (χ1n) is 8.01. The molecule has 0 N–H and O–H groups in total. The van der Waals surface area contributed by atoms with E-state index in [1.807, 2.05) is 41.3 Å². The fraction of sp³-hybridized carbons (Fsp3) is 0.263. The Morgan fingerprint density at radius 3 is 2.70 bits per heavy atom. The summed E-state index contributed by atoms with van der Waals surface area (Å²) in [4.78, 5) is 19.4. The van der Waals surface area contributed by atoms with Crippen molar-refractivity contribution < 1.29 is 4.79 Å². The van der Waals surface area contributed by atoms with E-state index in [1.165, 1.54) is 4.70 Å². The lowest BCUT2D eigenvalue weighted by Gasteiger charge is -2.31.